The predicted molar refractivity (Wildman–Crippen MR) is 404 cm³/mol. The molecule has 0 aliphatic heterocycles. The molecular weight excluding hydrogens is 1350 g/mol. The smallest absolute Gasteiger partial charge is 0.601 e. The number of nitrogens with zero attached hydrogens (tertiary/aromatic N) is 3. The Hall–Kier alpha value is -4.76. The summed E-state index contributed by atoms with van der Waals surface area (Å²) in [6, 6.07) is 2.89. The van der Waals surface area contributed by atoms with Gasteiger partial charge in [0.1, 0.15) is 29.2 Å². The number of aromatic nitrogens is 1. The number of aliphatic imine (C=N–C) groups is 1. The summed E-state index contributed by atoms with van der Waals surface area (Å²) in [4.78, 5) is 83.7. The number of amides is 1. The third kappa shape index (κ3) is 24.9. The number of nitrogens with one attached hydrogen (secondary N) is 5. The minimum Gasteiger partial charge on any atom is -1.00 e. The average Bonchev–Trinajstić information content (AvgIpc) is 1.61. The van der Waals surface area contributed by atoms with E-state index in [0.29, 0.717) is 74.9 Å². The molecule has 1 aromatic rings. The molecule has 4 aliphatic rings. The van der Waals surface area contributed by atoms with Gasteiger partial charge in [0.25, 0.3) is 0 Å². The predicted octanol–water partition coefficient (Wildman–Crippen LogP) is 12.1. The minimum absolute atomic E-state index is 0. The Kier molecular flexibility index (Phi) is 38.5. The third-order valence-corrected chi connectivity index (χ3v) is 27.9. The van der Waals surface area contributed by atoms with Crippen LogP contribution >= 0.6 is 16.7 Å². The summed E-state index contributed by atoms with van der Waals surface area (Å²) < 4.78 is 10.4. The van der Waals surface area contributed by atoms with Crippen LogP contribution in [0.15, 0.2) is 29.5 Å². The van der Waals surface area contributed by atoms with Gasteiger partial charge in [-0.25, -0.2) is 9.59 Å². The standard InChI is InChI=1S/C18H34N2O4.C16H29N2O2P.C16H32N2O2.C11H20O.C9H13N2O2.C5H11N2O2P.ClH/c1-16(2)11-13(17(3,4)18(16,5)6)19-10-8-9-12(14(21)22)20-15(23)24-7;1-14(2)10-12(15(3,4)16(14,5)6)18-9-7-8-11(21-17)13(19)20;1-14(2)10-12(15(3,4)16(14,5)6)18-9-7-8-11(17)13(19)20;1-9(2)7-8(12)10(3,4)11(9,5)6;1-10(2)8-4-6-11(7-5-8)9(12)13-3;6-3-1-2-4(10-7)5(8)9;/h12-13,19H,8-11H2,1-7H3,(H,20,23)(H,21,22);11,17H,7-10H2,1-6H3,(H,19,20);11-12,18H,7-10,17H2,1-6H3,(H,19,20);7H2,1-6H3;4-7H,1-3H3;4,7H,1-3,6H2,(H,8,9);1H/q;;;;+1;;/p-1. The highest BCUT2D eigenvalue weighted by molar-refractivity contribution is 7.27. The SMILES string of the molecule is CC1(C)CC(=NCCCC(P=N)C(=O)O)C(C)(C)C1(C)C.CC1(C)CC(=O)C(C)(C)C1(C)C.CC1(C)CC(NCCCC(N)C(=O)O)C(C)(C)C1(C)C.COC(=O)NC(CCCNC1CC(C)(C)C(C)(C)C1(C)C)C(=O)O.COC(=O)[n+]1ccc(N(C)C)cc1.N=PC(CCCN)C(=O)O.[Cl-]. The van der Waals surface area contributed by atoms with Crippen molar-refractivity contribution in [3.05, 3.63) is 24.5 Å². The van der Waals surface area contributed by atoms with E-state index in [4.69, 9.17) is 47.2 Å². The highest BCUT2D eigenvalue weighted by atomic mass is 35.5. The van der Waals surface area contributed by atoms with Crippen LogP contribution in [-0.2, 0) is 33.4 Å². The number of carboxylic acids is 4. The van der Waals surface area contributed by atoms with Crippen LogP contribution in [0, 0.1) is 75.3 Å². The Bertz CT molecular complexity index is 2910. The van der Waals surface area contributed by atoms with Gasteiger partial charge in [0.05, 0.1) is 14.2 Å². The summed E-state index contributed by atoms with van der Waals surface area (Å²) in [5.41, 5.74) is 13.8. The molecule has 4 aliphatic carbocycles. The normalized spacial score (nSPS) is 23.1. The van der Waals surface area contributed by atoms with Gasteiger partial charge in [0.15, 0.2) is 12.4 Å². The van der Waals surface area contributed by atoms with E-state index in [2.05, 4.69) is 192 Å². The summed E-state index contributed by atoms with van der Waals surface area (Å²) in [5.74, 6) is -3.30. The van der Waals surface area contributed by atoms with Crippen LogP contribution in [0.25, 0.3) is 0 Å². The molecule has 0 saturated heterocycles. The second-order valence-electron chi connectivity index (χ2n) is 34.9. The molecule has 4 saturated carbocycles. The van der Waals surface area contributed by atoms with E-state index in [1.54, 1.807) is 12.4 Å². The number of rotatable bonds is 25. The van der Waals surface area contributed by atoms with Gasteiger partial charge in [0, 0.05) is 90.3 Å². The number of aliphatic carboxylic acids is 4. The zero-order valence-corrected chi connectivity index (χ0v) is 69.9. The number of ether oxygens (including phenoxy) is 2. The van der Waals surface area contributed by atoms with E-state index in [9.17, 15) is 33.6 Å². The van der Waals surface area contributed by atoms with Crippen molar-refractivity contribution in [3.63, 3.8) is 0 Å². The summed E-state index contributed by atoms with van der Waals surface area (Å²) in [6.45, 7) is 57.4. The van der Waals surface area contributed by atoms with Crippen molar-refractivity contribution < 1.29 is 80.4 Å². The first-order valence-corrected chi connectivity index (χ1v) is 37.4. The molecule has 6 unspecified atom stereocenters. The van der Waals surface area contributed by atoms with Crippen LogP contribution in [-0.4, -0.2) is 158 Å². The molecule has 1 aromatic heterocycles. The summed E-state index contributed by atoms with van der Waals surface area (Å²) in [6.07, 6.45) is 11.1. The van der Waals surface area contributed by atoms with Crippen molar-refractivity contribution in [2.75, 3.05) is 59.4 Å². The van der Waals surface area contributed by atoms with Gasteiger partial charge in [-0.05, 0) is 144 Å². The number of nitrogens with two attached hydrogens (primary N) is 2. The van der Waals surface area contributed by atoms with Crippen molar-refractivity contribution in [1.29, 1.82) is 10.3 Å². The average molecular weight is 1490 g/mol. The van der Waals surface area contributed by atoms with Crippen LogP contribution in [0.2, 0.25) is 0 Å². The fraction of sp³-hybridized carbons (Fsp3) is 0.827. The molecule has 6 atom stereocenters. The Balaban J connectivity index is 0. The van der Waals surface area contributed by atoms with Gasteiger partial charge in [-0.15, -0.1) is 0 Å². The summed E-state index contributed by atoms with van der Waals surface area (Å²) >= 11 is 0. The number of halogens is 1. The van der Waals surface area contributed by atoms with Crippen molar-refractivity contribution in [3.8, 4) is 0 Å². The van der Waals surface area contributed by atoms with E-state index in [-0.39, 0.29) is 94.8 Å². The molecule has 1 heterocycles. The lowest BCUT2D eigenvalue weighted by Crippen LogP contribution is -3.00. The van der Waals surface area contributed by atoms with E-state index in [0.717, 1.165) is 57.3 Å². The van der Waals surface area contributed by atoms with E-state index in [1.165, 1.54) is 24.5 Å². The van der Waals surface area contributed by atoms with Gasteiger partial charge in [-0.3, -0.25) is 34.5 Å². The molecule has 0 aromatic carbocycles. The van der Waals surface area contributed by atoms with Crippen molar-refractivity contribution in [2.45, 2.75) is 279 Å². The second-order valence-corrected chi connectivity index (χ2v) is 36.6. The van der Waals surface area contributed by atoms with Crippen molar-refractivity contribution >= 4 is 70.0 Å². The maximum Gasteiger partial charge on any atom is 0.601 e. The Morgan fingerprint density at radius 2 is 0.990 bits per heavy atom. The first-order chi connectivity index (χ1) is 45.3. The Labute approximate surface area is 617 Å². The highest BCUT2D eigenvalue weighted by Crippen LogP contribution is 2.64. The van der Waals surface area contributed by atoms with Gasteiger partial charge < -0.3 is 74.6 Å². The van der Waals surface area contributed by atoms with Gasteiger partial charge in [-0.2, -0.15) is 4.79 Å². The van der Waals surface area contributed by atoms with Gasteiger partial charge in [-0.1, -0.05) is 171 Å². The lowest BCUT2D eigenvalue weighted by Gasteiger charge is -2.45. The van der Waals surface area contributed by atoms with Gasteiger partial charge >= 0.3 is 36.1 Å². The monoisotopic (exact) mass is 1480 g/mol. The van der Waals surface area contributed by atoms with Crippen LogP contribution in [0.5, 0.6) is 0 Å². The maximum atomic E-state index is 11.7. The molecule has 13 N–H and O–H groups in total. The summed E-state index contributed by atoms with van der Waals surface area (Å²) in [7, 11) is 6.83. The van der Waals surface area contributed by atoms with Crippen molar-refractivity contribution in [2.24, 2.45) is 81.4 Å². The van der Waals surface area contributed by atoms with E-state index < -0.39 is 53.4 Å². The van der Waals surface area contributed by atoms with Crippen LogP contribution in [0.3, 0.4) is 0 Å². The highest BCUT2D eigenvalue weighted by Gasteiger charge is 2.61. The van der Waals surface area contributed by atoms with Gasteiger partial charge in [0.2, 0.25) is 0 Å². The molecule has 4 fully saturated rings. The number of carbonyl (C=O) groups is 7. The molecule has 5 rings (SSSR count). The second kappa shape index (κ2) is 39.6. The number of anilines is 1. The number of methoxy groups -OCH3 is 2. The van der Waals surface area contributed by atoms with Crippen LogP contribution in [0.1, 0.15) is 243 Å². The van der Waals surface area contributed by atoms with E-state index >= 15 is 0 Å². The molecular formula is C75H139ClN10O13P2. The lowest BCUT2D eigenvalue weighted by molar-refractivity contribution is -0.585. The third-order valence-electron chi connectivity index (χ3n) is 26.4. The number of hydrogen-bond acceptors (Lipinski definition) is 17. The number of alkyl carbamates (subject to hydrolysis) is 1. The molecule has 26 heteroatoms. The molecule has 584 valence electrons. The lowest BCUT2D eigenvalue weighted by atomic mass is 9.61. The maximum absolute atomic E-state index is 11.7. The molecule has 0 spiro atoms. The molecule has 101 heavy (non-hydrogen) atoms. The first-order valence-electron chi connectivity index (χ1n) is 35.5. The number of carbonyl (C=O) groups excluding carboxylic acids is 3. The molecule has 0 bridgehead atoms. The Morgan fingerprint density at radius 3 is 1.28 bits per heavy atom. The largest absolute Gasteiger partial charge is 1.00 e. The van der Waals surface area contributed by atoms with Crippen LogP contribution < -0.4 is 49.3 Å². The molecule has 0 radical (unpaired) electrons. The number of Topliss-reactive ketones (excluding diaryl/α,β-unsaturated/α-hetero) is 1. The van der Waals surface area contributed by atoms with Crippen LogP contribution in [0.4, 0.5) is 15.3 Å². The van der Waals surface area contributed by atoms with E-state index in [1.807, 2.05) is 31.1 Å². The minimum atomic E-state index is -1.04. The topological polar surface area (TPSA) is 374 Å². The zero-order chi connectivity index (χ0) is 78.6. The number of ketones is 1. The first kappa shape index (κ1) is 98.3. The number of hydrogen-bond donors (Lipinski definition) is 11. The zero-order valence-electron chi connectivity index (χ0n) is 67.3. The Morgan fingerprint density at radius 1 is 0.584 bits per heavy atom. The summed E-state index contributed by atoms with van der Waals surface area (Å²) in [5, 5.41) is 58.9. The number of pyridine rings is 1. The van der Waals surface area contributed by atoms with Crippen molar-refractivity contribution in [1.82, 2.24) is 16.0 Å². The quantitative estimate of drug-likeness (QED) is 0.0246. The number of carboxylic acid groups (broad SMARTS) is 4. The molecule has 1 amide bonds. The fourth-order valence-corrected chi connectivity index (χ4v) is 14.5. The fourth-order valence-electron chi connectivity index (χ4n) is 13.7. The molecule has 23 nitrogen and oxygen atoms in total.